The van der Waals surface area contributed by atoms with Crippen molar-refractivity contribution in [3.05, 3.63) is 58.3 Å². The molecule has 0 radical (unpaired) electrons. The molecule has 27 heavy (non-hydrogen) atoms. The minimum Gasteiger partial charge on any atom is -0.350 e. The third-order valence-corrected chi connectivity index (χ3v) is 5.24. The summed E-state index contributed by atoms with van der Waals surface area (Å²) in [7, 11) is 0. The van der Waals surface area contributed by atoms with Gasteiger partial charge in [-0.2, -0.15) is 0 Å². The molecular weight excluding hydrogens is 358 g/mol. The third-order valence-electron chi connectivity index (χ3n) is 4.36. The van der Waals surface area contributed by atoms with Crippen molar-refractivity contribution in [1.29, 1.82) is 0 Å². The summed E-state index contributed by atoms with van der Waals surface area (Å²) < 4.78 is 0. The van der Waals surface area contributed by atoms with Gasteiger partial charge >= 0.3 is 0 Å². The molecule has 0 aliphatic carbocycles. The van der Waals surface area contributed by atoms with Crippen LogP contribution in [0.25, 0.3) is 0 Å². The second-order valence-electron chi connectivity index (χ2n) is 6.86. The van der Waals surface area contributed by atoms with Crippen LogP contribution in [-0.4, -0.2) is 36.3 Å². The number of thiophene rings is 1. The number of likely N-dealkylation sites (N-methyl/N-ethyl adjacent to an activating group) is 1. The van der Waals surface area contributed by atoms with Crippen molar-refractivity contribution in [2.45, 2.75) is 33.4 Å². The molecule has 1 unspecified atom stereocenters. The fourth-order valence-electron chi connectivity index (χ4n) is 2.85. The molecule has 0 aliphatic rings. The van der Waals surface area contributed by atoms with Gasteiger partial charge in [-0.3, -0.25) is 14.5 Å². The zero-order valence-electron chi connectivity index (χ0n) is 16.3. The molecule has 0 bridgehead atoms. The monoisotopic (exact) mass is 387 g/mol. The van der Waals surface area contributed by atoms with Gasteiger partial charge < -0.3 is 10.6 Å². The van der Waals surface area contributed by atoms with Crippen molar-refractivity contribution in [2.24, 2.45) is 5.92 Å². The topological polar surface area (TPSA) is 61.4 Å². The van der Waals surface area contributed by atoms with E-state index in [9.17, 15) is 9.59 Å². The van der Waals surface area contributed by atoms with Crippen molar-refractivity contribution in [1.82, 2.24) is 15.5 Å². The van der Waals surface area contributed by atoms with Crippen LogP contribution in [0.2, 0.25) is 0 Å². The van der Waals surface area contributed by atoms with Crippen LogP contribution >= 0.6 is 11.3 Å². The van der Waals surface area contributed by atoms with Crippen LogP contribution in [0.3, 0.4) is 0 Å². The summed E-state index contributed by atoms with van der Waals surface area (Å²) in [6.07, 6.45) is 0. The van der Waals surface area contributed by atoms with Crippen LogP contribution in [0, 0.1) is 5.92 Å². The van der Waals surface area contributed by atoms with Crippen LogP contribution in [0.4, 0.5) is 0 Å². The van der Waals surface area contributed by atoms with E-state index in [1.165, 1.54) is 0 Å². The molecule has 1 aromatic carbocycles. The number of carbonyl (C=O) groups is 2. The average Bonchev–Trinajstić information content (AvgIpc) is 3.18. The molecule has 0 saturated heterocycles. The van der Waals surface area contributed by atoms with E-state index in [0.29, 0.717) is 13.1 Å². The Morgan fingerprint density at radius 1 is 1.04 bits per heavy atom. The molecule has 0 spiro atoms. The van der Waals surface area contributed by atoms with Crippen molar-refractivity contribution < 1.29 is 9.59 Å². The maximum absolute atomic E-state index is 12.5. The Labute approximate surface area is 165 Å². The molecule has 0 saturated carbocycles. The van der Waals surface area contributed by atoms with Gasteiger partial charge in [0.2, 0.25) is 11.8 Å². The Balaban J connectivity index is 1.84. The molecular formula is C21H29N3O2S. The molecule has 6 heteroatoms. The van der Waals surface area contributed by atoms with E-state index in [1.807, 2.05) is 59.7 Å². The largest absolute Gasteiger partial charge is 0.350 e. The van der Waals surface area contributed by atoms with E-state index in [1.54, 1.807) is 11.3 Å². The Morgan fingerprint density at radius 3 is 2.33 bits per heavy atom. The molecule has 1 heterocycles. The van der Waals surface area contributed by atoms with Gasteiger partial charge in [-0.25, -0.2) is 0 Å². The lowest BCUT2D eigenvalue weighted by Crippen LogP contribution is -2.44. The fraction of sp³-hybridized carbons (Fsp3) is 0.429. The zero-order valence-corrected chi connectivity index (χ0v) is 17.1. The molecule has 2 N–H and O–H groups in total. The first-order valence-electron chi connectivity index (χ1n) is 9.35. The quantitative estimate of drug-likeness (QED) is 0.658. The van der Waals surface area contributed by atoms with E-state index in [0.717, 1.165) is 10.4 Å². The van der Waals surface area contributed by atoms with E-state index in [2.05, 4.69) is 24.5 Å². The molecule has 2 amide bonds. The lowest BCUT2D eigenvalue weighted by molar-refractivity contribution is -0.125. The number of nitrogens with one attached hydrogen (secondary N) is 2. The van der Waals surface area contributed by atoms with Gasteiger partial charge in [0.05, 0.1) is 25.7 Å². The van der Waals surface area contributed by atoms with Crippen molar-refractivity contribution in [2.75, 3.05) is 19.6 Å². The van der Waals surface area contributed by atoms with E-state index < -0.39 is 0 Å². The standard InChI is InChI=1S/C21H29N3O2S/c1-4-24(14-19(25)22-13-18-11-8-12-27-18)15-20(26)23-21(16(2)3)17-9-6-5-7-10-17/h5-12,16,21H,4,13-15H2,1-3H3,(H,22,25)(H,23,26). The number of hydrogen-bond donors (Lipinski definition) is 2. The Kier molecular flexibility index (Phi) is 8.48. The Hall–Kier alpha value is -2.18. The van der Waals surface area contributed by atoms with Gasteiger partial charge in [0.1, 0.15) is 0 Å². The van der Waals surface area contributed by atoms with E-state index >= 15 is 0 Å². The van der Waals surface area contributed by atoms with Crippen LogP contribution in [0.15, 0.2) is 47.8 Å². The Bertz CT molecular complexity index is 701. The summed E-state index contributed by atoms with van der Waals surface area (Å²) >= 11 is 1.62. The number of rotatable bonds is 10. The highest BCUT2D eigenvalue weighted by Gasteiger charge is 2.20. The smallest absolute Gasteiger partial charge is 0.234 e. The highest BCUT2D eigenvalue weighted by Crippen LogP contribution is 2.21. The number of nitrogens with zero attached hydrogens (tertiary/aromatic N) is 1. The van der Waals surface area contributed by atoms with Gasteiger partial charge in [-0.1, -0.05) is 57.2 Å². The SMILES string of the molecule is CCN(CC(=O)NCc1cccs1)CC(=O)NC(c1ccccc1)C(C)C. The Morgan fingerprint density at radius 2 is 1.74 bits per heavy atom. The lowest BCUT2D eigenvalue weighted by Gasteiger charge is -2.25. The molecule has 2 aromatic rings. The molecule has 1 atom stereocenters. The number of benzene rings is 1. The summed E-state index contributed by atoms with van der Waals surface area (Å²) in [5.41, 5.74) is 1.09. The molecule has 2 rings (SSSR count). The summed E-state index contributed by atoms with van der Waals surface area (Å²) in [5, 5.41) is 8.01. The number of carbonyl (C=O) groups excluding carboxylic acids is 2. The van der Waals surface area contributed by atoms with Crippen molar-refractivity contribution in [3.8, 4) is 0 Å². The predicted octanol–water partition coefficient (Wildman–Crippen LogP) is 3.20. The van der Waals surface area contributed by atoms with E-state index in [-0.39, 0.29) is 36.9 Å². The first-order chi connectivity index (χ1) is 13.0. The fourth-order valence-corrected chi connectivity index (χ4v) is 3.50. The maximum atomic E-state index is 12.5. The average molecular weight is 388 g/mol. The van der Waals surface area contributed by atoms with Crippen LogP contribution in [0.1, 0.15) is 37.3 Å². The summed E-state index contributed by atoms with van der Waals surface area (Å²) in [6.45, 7) is 7.73. The normalized spacial score (nSPS) is 12.2. The number of amides is 2. The van der Waals surface area contributed by atoms with Crippen LogP contribution in [-0.2, 0) is 16.1 Å². The van der Waals surface area contributed by atoms with Gasteiger partial charge in [0.15, 0.2) is 0 Å². The molecule has 146 valence electrons. The van der Waals surface area contributed by atoms with Crippen molar-refractivity contribution >= 4 is 23.2 Å². The highest BCUT2D eigenvalue weighted by atomic mass is 32.1. The van der Waals surface area contributed by atoms with E-state index in [4.69, 9.17) is 0 Å². The van der Waals surface area contributed by atoms with Crippen LogP contribution in [0.5, 0.6) is 0 Å². The zero-order chi connectivity index (χ0) is 19.6. The predicted molar refractivity (Wildman–Crippen MR) is 110 cm³/mol. The van der Waals surface area contributed by atoms with Gasteiger partial charge in [0.25, 0.3) is 0 Å². The summed E-state index contributed by atoms with van der Waals surface area (Å²) in [6, 6.07) is 13.9. The van der Waals surface area contributed by atoms with Crippen LogP contribution < -0.4 is 10.6 Å². The van der Waals surface area contributed by atoms with Gasteiger partial charge in [-0.15, -0.1) is 11.3 Å². The highest BCUT2D eigenvalue weighted by molar-refractivity contribution is 7.09. The molecule has 5 nitrogen and oxygen atoms in total. The van der Waals surface area contributed by atoms with Gasteiger partial charge in [0, 0.05) is 4.88 Å². The van der Waals surface area contributed by atoms with Gasteiger partial charge in [-0.05, 0) is 29.5 Å². The maximum Gasteiger partial charge on any atom is 0.234 e. The third kappa shape index (κ3) is 7.15. The van der Waals surface area contributed by atoms with Crippen molar-refractivity contribution in [3.63, 3.8) is 0 Å². The molecule has 0 aliphatic heterocycles. The summed E-state index contributed by atoms with van der Waals surface area (Å²) in [5.74, 6) is 0.146. The molecule has 0 fully saturated rings. The molecule has 1 aromatic heterocycles. The summed E-state index contributed by atoms with van der Waals surface area (Å²) in [4.78, 5) is 27.7. The number of hydrogen-bond acceptors (Lipinski definition) is 4. The first-order valence-corrected chi connectivity index (χ1v) is 10.2. The minimum absolute atomic E-state index is 0.0370. The lowest BCUT2D eigenvalue weighted by atomic mass is 9.96. The first kappa shape index (κ1) is 21.1. The second-order valence-corrected chi connectivity index (χ2v) is 7.89. The minimum atomic E-state index is -0.0680. The second kappa shape index (κ2) is 10.8.